The first-order chi connectivity index (χ1) is 18.4. The largest absolute Gasteiger partial charge is 0.442 e. The van der Waals surface area contributed by atoms with Gasteiger partial charge in [-0.25, -0.2) is 4.79 Å². The molecule has 1 aromatic carbocycles. The maximum atomic E-state index is 13.3. The number of nitrogens with zero attached hydrogens (tertiary/aromatic N) is 3. The molecule has 4 aliphatic rings. The third-order valence-electron chi connectivity index (χ3n) is 10.00. The predicted octanol–water partition coefficient (Wildman–Crippen LogP) is 5.97. The lowest BCUT2D eigenvalue weighted by Crippen LogP contribution is -2.61. The Labute approximate surface area is 229 Å². The summed E-state index contributed by atoms with van der Waals surface area (Å²) in [5, 5.41) is 0. The van der Waals surface area contributed by atoms with Crippen LogP contribution in [0.15, 0.2) is 30.9 Å². The van der Waals surface area contributed by atoms with E-state index in [0.717, 1.165) is 88.1 Å². The van der Waals surface area contributed by atoms with E-state index in [9.17, 15) is 9.59 Å². The number of benzene rings is 1. The van der Waals surface area contributed by atoms with Crippen LogP contribution in [0.3, 0.4) is 0 Å². The fourth-order valence-corrected chi connectivity index (χ4v) is 7.67. The van der Waals surface area contributed by atoms with E-state index in [4.69, 9.17) is 4.74 Å². The number of hydrogen-bond donors (Lipinski definition) is 0. The Hall–Kier alpha value is -2.34. The second-order valence-electron chi connectivity index (χ2n) is 12.4. The lowest BCUT2D eigenvalue weighted by atomic mass is 9.75. The summed E-state index contributed by atoms with van der Waals surface area (Å²) in [6, 6.07) is 6.58. The van der Waals surface area contributed by atoms with Crippen molar-refractivity contribution in [3.05, 3.63) is 47.5 Å². The molecule has 0 N–H and O–H groups in total. The normalized spacial score (nSPS) is 25.4. The number of rotatable bonds is 6. The van der Waals surface area contributed by atoms with Gasteiger partial charge >= 0.3 is 6.09 Å². The topological polar surface area (TPSA) is 53.1 Å². The van der Waals surface area contributed by atoms with Gasteiger partial charge in [0.05, 0.1) is 0 Å². The molecule has 208 valence electrons. The van der Waals surface area contributed by atoms with E-state index < -0.39 is 0 Å². The smallest absolute Gasteiger partial charge is 0.410 e. The summed E-state index contributed by atoms with van der Waals surface area (Å²) in [5.41, 5.74) is 2.64. The van der Waals surface area contributed by atoms with Crippen LogP contribution in [0.25, 0.3) is 0 Å². The molecule has 1 aliphatic carbocycles. The molecule has 38 heavy (non-hydrogen) atoms. The maximum absolute atomic E-state index is 13.3. The van der Waals surface area contributed by atoms with Crippen LogP contribution >= 0.6 is 0 Å². The average molecular weight is 522 g/mol. The monoisotopic (exact) mass is 521 g/mol. The highest BCUT2D eigenvalue weighted by atomic mass is 16.6. The van der Waals surface area contributed by atoms with Gasteiger partial charge in [0.25, 0.3) is 5.91 Å². The van der Waals surface area contributed by atoms with E-state index >= 15 is 0 Å². The summed E-state index contributed by atoms with van der Waals surface area (Å²) in [7, 11) is 0. The zero-order valence-corrected chi connectivity index (χ0v) is 23.6. The molecule has 1 spiro atoms. The first kappa shape index (κ1) is 27.2. The van der Waals surface area contributed by atoms with Crippen LogP contribution in [0.4, 0.5) is 4.79 Å². The van der Waals surface area contributed by atoms with Gasteiger partial charge in [-0.3, -0.25) is 9.69 Å². The van der Waals surface area contributed by atoms with Crippen molar-refractivity contribution < 1.29 is 14.3 Å². The molecule has 3 heterocycles. The molecular formula is C32H47N3O3. The summed E-state index contributed by atoms with van der Waals surface area (Å²) in [6.45, 7) is 13.3. The lowest BCUT2D eigenvalue weighted by Gasteiger charge is -2.52. The minimum atomic E-state index is -0.357. The third-order valence-corrected chi connectivity index (χ3v) is 10.00. The minimum Gasteiger partial charge on any atom is -0.442 e. The fourth-order valence-electron chi connectivity index (χ4n) is 7.67. The van der Waals surface area contributed by atoms with Crippen LogP contribution < -0.4 is 0 Å². The number of carbonyl (C=O) groups is 2. The van der Waals surface area contributed by atoms with Crippen LogP contribution in [0.5, 0.6) is 0 Å². The van der Waals surface area contributed by atoms with Crippen molar-refractivity contribution in [2.45, 2.75) is 89.7 Å². The molecule has 1 aromatic rings. The minimum absolute atomic E-state index is 0.0948. The van der Waals surface area contributed by atoms with Crippen molar-refractivity contribution in [1.82, 2.24) is 14.7 Å². The van der Waals surface area contributed by atoms with Crippen molar-refractivity contribution >= 4 is 12.0 Å². The van der Waals surface area contributed by atoms with Crippen molar-refractivity contribution in [3.8, 4) is 0 Å². The van der Waals surface area contributed by atoms with Crippen LogP contribution in [0.1, 0.15) is 85.7 Å². The average Bonchev–Trinajstić information content (AvgIpc) is 2.92. The molecule has 4 fully saturated rings. The quantitative estimate of drug-likeness (QED) is 0.433. The van der Waals surface area contributed by atoms with Gasteiger partial charge in [-0.05, 0) is 63.0 Å². The van der Waals surface area contributed by atoms with Gasteiger partial charge in [0.1, 0.15) is 5.60 Å². The Morgan fingerprint density at radius 1 is 1.03 bits per heavy atom. The summed E-state index contributed by atoms with van der Waals surface area (Å²) < 4.78 is 6.35. The van der Waals surface area contributed by atoms with Crippen molar-refractivity contribution in [3.63, 3.8) is 0 Å². The van der Waals surface area contributed by atoms with E-state index in [0.29, 0.717) is 17.9 Å². The van der Waals surface area contributed by atoms with E-state index in [2.05, 4.69) is 11.5 Å². The van der Waals surface area contributed by atoms with Gasteiger partial charge in [-0.15, -0.1) is 6.58 Å². The van der Waals surface area contributed by atoms with Gasteiger partial charge < -0.3 is 14.5 Å². The molecule has 0 aromatic heterocycles. The Balaban J connectivity index is 1.15. The first-order valence-corrected chi connectivity index (χ1v) is 15.1. The number of amides is 2. The molecule has 6 heteroatoms. The SMILES string of the molecule is C=CCC1CN(CC2CCCCC2)C(=O)OC12CCN(C1CCN(C(=O)c3c(C)cccc3C)CC1)CC2. The van der Waals surface area contributed by atoms with Gasteiger partial charge in [0.15, 0.2) is 0 Å². The van der Waals surface area contributed by atoms with Crippen molar-refractivity contribution in [2.24, 2.45) is 11.8 Å². The molecule has 5 rings (SSSR count). The molecule has 2 amide bonds. The Morgan fingerprint density at radius 3 is 2.32 bits per heavy atom. The van der Waals surface area contributed by atoms with Crippen LogP contribution in [-0.4, -0.2) is 77.6 Å². The van der Waals surface area contributed by atoms with E-state index in [1.165, 1.54) is 32.1 Å². The van der Waals surface area contributed by atoms with Gasteiger partial charge in [0, 0.05) is 69.6 Å². The number of likely N-dealkylation sites (tertiary alicyclic amines) is 2. The first-order valence-electron chi connectivity index (χ1n) is 15.1. The Morgan fingerprint density at radius 2 is 1.68 bits per heavy atom. The summed E-state index contributed by atoms with van der Waals surface area (Å²) in [6.07, 6.45) is 13.0. The van der Waals surface area contributed by atoms with Crippen LogP contribution in [0.2, 0.25) is 0 Å². The highest BCUT2D eigenvalue weighted by Gasteiger charge is 2.50. The second-order valence-corrected chi connectivity index (χ2v) is 12.4. The van der Waals surface area contributed by atoms with E-state index in [-0.39, 0.29) is 17.6 Å². The van der Waals surface area contributed by atoms with Crippen LogP contribution in [0, 0.1) is 25.7 Å². The zero-order valence-electron chi connectivity index (χ0n) is 23.6. The Kier molecular flexibility index (Phi) is 8.47. The number of aryl methyl sites for hydroxylation is 2. The molecule has 3 saturated heterocycles. The molecule has 6 nitrogen and oxygen atoms in total. The zero-order chi connectivity index (χ0) is 26.7. The summed E-state index contributed by atoms with van der Waals surface area (Å²) in [5.74, 6) is 1.13. The maximum Gasteiger partial charge on any atom is 0.410 e. The highest BCUT2D eigenvalue weighted by molar-refractivity contribution is 5.97. The summed E-state index contributed by atoms with van der Waals surface area (Å²) in [4.78, 5) is 33.1. The molecule has 1 saturated carbocycles. The van der Waals surface area contributed by atoms with Gasteiger partial charge in [-0.2, -0.15) is 0 Å². The fraction of sp³-hybridized carbons (Fsp3) is 0.688. The number of carbonyl (C=O) groups excluding carboxylic acids is 2. The summed E-state index contributed by atoms with van der Waals surface area (Å²) >= 11 is 0. The lowest BCUT2D eigenvalue weighted by molar-refractivity contribution is -0.124. The molecule has 0 bridgehead atoms. The number of ether oxygens (including phenoxy) is 1. The van der Waals surface area contributed by atoms with Gasteiger partial charge in [0.2, 0.25) is 0 Å². The number of hydrogen-bond acceptors (Lipinski definition) is 4. The van der Waals surface area contributed by atoms with Crippen molar-refractivity contribution in [2.75, 3.05) is 39.3 Å². The van der Waals surface area contributed by atoms with Crippen LogP contribution in [-0.2, 0) is 4.74 Å². The number of allylic oxidation sites excluding steroid dienone is 1. The second kappa shape index (κ2) is 11.8. The molecule has 3 aliphatic heterocycles. The standard InChI is InChI=1S/C32H47N3O3/c1-4-9-27-23-35(22-26-12-6-5-7-13-26)31(37)38-32(27)16-20-33(21-17-32)28-14-18-34(19-15-28)30(36)29-24(2)10-8-11-25(29)3/h4,8,10-11,26-28H,1,5-7,9,12-23H2,2-3H3. The molecule has 0 radical (unpaired) electrons. The van der Waals surface area contributed by atoms with E-state index in [1.807, 2.05) is 47.9 Å². The van der Waals surface area contributed by atoms with Crippen molar-refractivity contribution in [1.29, 1.82) is 0 Å². The predicted molar refractivity (Wildman–Crippen MR) is 151 cm³/mol. The molecule has 1 atom stereocenters. The highest BCUT2D eigenvalue weighted by Crippen LogP contribution is 2.41. The number of piperidine rings is 2. The van der Waals surface area contributed by atoms with E-state index in [1.54, 1.807) is 0 Å². The molecule has 1 unspecified atom stereocenters. The third kappa shape index (κ3) is 5.66. The van der Waals surface area contributed by atoms with Gasteiger partial charge in [-0.1, -0.05) is 43.5 Å². The molecular weight excluding hydrogens is 474 g/mol. The Bertz CT molecular complexity index is 981.